The fourth-order valence-corrected chi connectivity index (χ4v) is 1.84. The number of benzene rings is 1. The fourth-order valence-electron chi connectivity index (χ4n) is 1.62. The van der Waals surface area contributed by atoms with Crippen LogP contribution < -0.4 is 11.1 Å². The maximum Gasteiger partial charge on any atom is 0.0908 e. The van der Waals surface area contributed by atoms with E-state index in [0.29, 0.717) is 11.6 Å². The van der Waals surface area contributed by atoms with Crippen LogP contribution in [-0.2, 0) is 0 Å². The average Bonchev–Trinajstić information content (AvgIpc) is 2.31. The van der Waals surface area contributed by atoms with Crippen molar-refractivity contribution >= 4 is 28.2 Å². The number of nitrogens with two attached hydrogens (primary N) is 1. The number of anilines is 1. The van der Waals surface area contributed by atoms with Gasteiger partial charge in [0.15, 0.2) is 0 Å². The summed E-state index contributed by atoms with van der Waals surface area (Å²) in [5, 5.41) is 5.07. The molecule has 1 aromatic heterocycles. The molecule has 3 N–H and O–H groups in total. The molecule has 0 aliphatic rings. The number of nitrogens with zero attached hydrogens (tertiary/aromatic N) is 1. The van der Waals surface area contributed by atoms with Crippen LogP contribution >= 0.6 is 11.6 Å². The molecule has 0 amide bonds. The number of rotatable bonds is 4. The third-order valence-corrected chi connectivity index (χ3v) is 2.72. The molecule has 16 heavy (non-hydrogen) atoms. The van der Waals surface area contributed by atoms with Gasteiger partial charge >= 0.3 is 0 Å². The lowest BCUT2D eigenvalue weighted by molar-refractivity contribution is 0.875. The quantitative estimate of drug-likeness (QED) is 0.801. The topological polar surface area (TPSA) is 50.9 Å². The molecule has 0 aliphatic carbocycles. The Morgan fingerprint density at radius 3 is 3.00 bits per heavy atom. The number of hydrogen-bond acceptors (Lipinski definition) is 3. The van der Waals surface area contributed by atoms with Crippen LogP contribution in [0.3, 0.4) is 0 Å². The molecule has 3 nitrogen and oxygen atoms in total. The van der Waals surface area contributed by atoms with Crippen LogP contribution in [0.2, 0.25) is 5.02 Å². The molecule has 0 atom stereocenters. The molecule has 0 bridgehead atoms. The minimum atomic E-state index is 0.681. The molecule has 0 unspecified atom stereocenters. The van der Waals surface area contributed by atoms with E-state index in [9.17, 15) is 0 Å². The Morgan fingerprint density at radius 2 is 2.19 bits per heavy atom. The standard InChI is InChI=1S/C12H14ClN3/c13-10-4-1-3-9-11(15-7-2-6-14)5-8-16-12(9)10/h1,3-5,8H,2,6-7,14H2,(H,15,16). The molecule has 0 saturated carbocycles. The highest BCUT2D eigenvalue weighted by atomic mass is 35.5. The first kappa shape index (κ1) is 11.2. The molecular weight excluding hydrogens is 222 g/mol. The third-order valence-electron chi connectivity index (χ3n) is 2.42. The summed E-state index contributed by atoms with van der Waals surface area (Å²) in [4.78, 5) is 4.27. The first-order chi connectivity index (χ1) is 7.83. The number of para-hydroxylation sites is 1. The van der Waals surface area contributed by atoms with Gasteiger partial charge in [0.1, 0.15) is 0 Å². The van der Waals surface area contributed by atoms with Gasteiger partial charge in [-0.2, -0.15) is 0 Å². The molecule has 1 aromatic carbocycles. The van der Waals surface area contributed by atoms with E-state index in [1.165, 1.54) is 0 Å². The number of pyridine rings is 1. The average molecular weight is 236 g/mol. The lowest BCUT2D eigenvalue weighted by Crippen LogP contribution is -2.08. The molecule has 2 rings (SSSR count). The fraction of sp³-hybridized carbons (Fsp3) is 0.250. The highest BCUT2D eigenvalue weighted by molar-refractivity contribution is 6.35. The van der Waals surface area contributed by atoms with Crippen molar-refractivity contribution in [3.05, 3.63) is 35.5 Å². The van der Waals surface area contributed by atoms with Crippen LogP contribution in [0.25, 0.3) is 10.9 Å². The van der Waals surface area contributed by atoms with Crippen LogP contribution in [-0.4, -0.2) is 18.1 Å². The SMILES string of the molecule is NCCCNc1ccnc2c(Cl)cccc12. The van der Waals surface area contributed by atoms with E-state index >= 15 is 0 Å². The van der Waals surface area contributed by atoms with Crippen molar-refractivity contribution in [3.63, 3.8) is 0 Å². The van der Waals surface area contributed by atoms with Gasteiger partial charge in [-0.15, -0.1) is 0 Å². The molecule has 0 aliphatic heterocycles. The van der Waals surface area contributed by atoms with Crippen molar-refractivity contribution in [2.45, 2.75) is 6.42 Å². The van der Waals surface area contributed by atoms with Gasteiger partial charge in [-0.3, -0.25) is 4.98 Å². The number of halogens is 1. The largest absolute Gasteiger partial charge is 0.384 e. The van der Waals surface area contributed by atoms with Gasteiger partial charge in [-0.25, -0.2) is 0 Å². The Labute approximate surface area is 99.6 Å². The van der Waals surface area contributed by atoms with Crippen molar-refractivity contribution in [2.24, 2.45) is 5.73 Å². The van der Waals surface area contributed by atoms with Crippen molar-refractivity contribution in [2.75, 3.05) is 18.4 Å². The van der Waals surface area contributed by atoms with Crippen molar-refractivity contribution in [1.82, 2.24) is 4.98 Å². The molecule has 0 spiro atoms. The molecule has 0 fully saturated rings. The second kappa shape index (κ2) is 5.14. The van der Waals surface area contributed by atoms with Gasteiger partial charge in [-0.1, -0.05) is 23.7 Å². The van der Waals surface area contributed by atoms with Gasteiger partial charge in [0.25, 0.3) is 0 Å². The van der Waals surface area contributed by atoms with E-state index in [-0.39, 0.29) is 0 Å². The first-order valence-corrected chi connectivity index (χ1v) is 5.68. The second-order valence-electron chi connectivity index (χ2n) is 3.56. The van der Waals surface area contributed by atoms with Crippen molar-refractivity contribution in [1.29, 1.82) is 0 Å². The minimum absolute atomic E-state index is 0.681. The highest BCUT2D eigenvalue weighted by Gasteiger charge is 2.03. The zero-order valence-electron chi connectivity index (χ0n) is 8.91. The Hall–Kier alpha value is -1.32. The van der Waals surface area contributed by atoms with Crippen molar-refractivity contribution in [3.8, 4) is 0 Å². The van der Waals surface area contributed by atoms with Gasteiger partial charge in [0.2, 0.25) is 0 Å². The highest BCUT2D eigenvalue weighted by Crippen LogP contribution is 2.26. The Kier molecular flexibility index (Phi) is 3.59. The van der Waals surface area contributed by atoms with Crippen LogP contribution in [0.5, 0.6) is 0 Å². The predicted molar refractivity (Wildman–Crippen MR) is 68.9 cm³/mol. The maximum absolute atomic E-state index is 6.08. The van der Waals surface area contributed by atoms with Gasteiger partial charge < -0.3 is 11.1 Å². The lowest BCUT2D eigenvalue weighted by Gasteiger charge is -2.09. The third kappa shape index (κ3) is 2.26. The number of nitrogens with one attached hydrogen (secondary N) is 1. The summed E-state index contributed by atoms with van der Waals surface area (Å²) in [7, 11) is 0. The monoisotopic (exact) mass is 235 g/mol. The first-order valence-electron chi connectivity index (χ1n) is 5.30. The lowest BCUT2D eigenvalue weighted by atomic mass is 10.2. The van der Waals surface area contributed by atoms with E-state index in [1.807, 2.05) is 24.3 Å². The Balaban J connectivity index is 2.34. The van der Waals surface area contributed by atoms with E-state index in [2.05, 4.69) is 10.3 Å². The normalized spacial score (nSPS) is 10.6. The van der Waals surface area contributed by atoms with Crippen molar-refractivity contribution < 1.29 is 0 Å². The maximum atomic E-state index is 6.08. The van der Waals surface area contributed by atoms with Gasteiger partial charge in [0.05, 0.1) is 10.5 Å². The van der Waals surface area contributed by atoms with Crippen LogP contribution in [0.1, 0.15) is 6.42 Å². The van der Waals surface area contributed by atoms with Crippen LogP contribution in [0.4, 0.5) is 5.69 Å². The Bertz CT molecular complexity index is 485. The molecule has 0 saturated heterocycles. The summed E-state index contributed by atoms with van der Waals surface area (Å²) in [5.41, 5.74) is 7.35. The summed E-state index contributed by atoms with van der Waals surface area (Å²) >= 11 is 6.08. The minimum Gasteiger partial charge on any atom is -0.384 e. The van der Waals surface area contributed by atoms with Gasteiger partial charge in [-0.05, 0) is 25.1 Å². The summed E-state index contributed by atoms with van der Waals surface area (Å²) in [5.74, 6) is 0. The molecule has 1 heterocycles. The van der Waals surface area contributed by atoms with E-state index < -0.39 is 0 Å². The van der Waals surface area contributed by atoms with E-state index in [1.54, 1.807) is 6.20 Å². The van der Waals surface area contributed by atoms with Crippen LogP contribution in [0.15, 0.2) is 30.5 Å². The number of fused-ring (bicyclic) bond motifs is 1. The summed E-state index contributed by atoms with van der Waals surface area (Å²) in [6.45, 7) is 1.55. The Morgan fingerprint density at radius 1 is 1.31 bits per heavy atom. The molecule has 2 aromatic rings. The number of aromatic nitrogens is 1. The van der Waals surface area contributed by atoms with Crippen LogP contribution in [0, 0.1) is 0 Å². The predicted octanol–water partition coefficient (Wildman–Crippen LogP) is 2.65. The number of hydrogen-bond donors (Lipinski definition) is 2. The zero-order valence-corrected chi connectivity index (χ0v) is 9.67. The van der Waals surface area contributed by atoms with Gasteiger partial charge in [0, 0.05) is 23.8 Å². The summed E-state index contributed by atoms with van der Waals surface area (Å²) in [6, 6.07) is 7.75. The second-order valence-corrected chi connectivity index (χ2v) is 3.97. The zero-order chi connectivity index (χ0) is 11.4. The molecular formula is C12H14ClN3. The molecule has 84 valence electrons. The summed E-state index contributed by atoms with van der Waals surface area (Å²) in [6.07, 6.45) is 2.71. The molecule has 0 radical (unpaired) electrons. The smallest absolute Gasteiger partial charge is 0.0908 e. The summed E-state index contributed by atoms with van der Waals surface area (Å²) < 4.78 is 0. The molecule has 4 heteroatoms. The van der Waals surface area contributed by atoms with E-state index in [4.69, 9.17) is 17.3 Å². The van der Waals surface area contributed by atoms with E-state index in [0.717, 1.165) is 29.6 Å².